The van der Waals surface area contributed by atoms with Crippen LogP contribution in [-0.2, 0) is 4.79 Å². The Kier molecular flexibility index (Phi) is 5.36. The molecule has 4 fully saturated rings. The average molecular weight is 393 g/mol. The molecule has 0 aromatic rings. The van der Waals surface area contributed by atoms with E-state index in [0.29, 0.717) is 35.5 Å². The summed E-state index contributed by atoms with van der Waals surface area (Å²) in [5, 5.41) is 30.5. The van der Waals surface area contributed by atoms with Gasteiger partial charge in [-0.3, -0.25) is 4.79 Å². The smallest absolute Gasteiger partial charge is 0.303 e. The fourth-order valence-electron chi connectivity index (χ4n) is 8.73. The predicted octanol–water partition coefficient (Wildman–Crippen LogP) is 4.48. The highest BCUT2D eigenvalue weighted by Crippen LogP contribution is 2.68. The van der Waals surface area contributed by atoms with Crippen LogP contribution in [0.1, 0.15) is 85.0 Å². The normalized spacial score (nSPS) is 51.7. The molecule has 4 aliphatic rings. The number of hydrogen-bond donors (Lipinski definition) is 3. The number of carboxylic acid groups (broad SMARTS) is 1. The number of aliphatic hydroxyl groups excluding tert-OH is 2. The minimum atomic E-state index is -0.684. The molecule has 4 rings (SSSR count). The minimum Gasteiger partial charge on any atom is -0.481 e. The van der Waals surface area contributed by atoms with Crippen molar-refractivity contribution in [2.75, 3.05) is 0 Å². The summed E-state index contributed by atoms with van der Waals surface area (Å²) in [5.74, 6) is 2.36. The Balaban J connectivity index is 1.55. The first-order chi connectivity index (χ1) is 13.2. The second-order valence-corrected chi connectivity index (χ2v) is 11.4. The fourth-order valence-corrected chi connectivity index (χ4v) is 8.73. The molecular formula is C24H40O4. The number of aliphatic carboxylic acids is 1. The summed E-state index contributed by atoms with van der Waals surface area (Å²) in [6, 6.07) is 0. The maximum atomic E-state index is 11.2. The van der Waals surface area contributed by atoms with Crippen LogP contribution < -0.4 is 0 Å². The lowest BCUT2D eigenvalue weighted by molar-refractivity contribution is -0.174. The molecular weight excluding hydrogens is 352 g/mol. The molecule has 0 saturated heterocycles. The first kappa shape index (κ1) is 20.7. The van der Waals surface area contributed by atoms with Gasteiger partial charge < -0.3 is 15.3 Å². The Bertz CT molecular complexity index is 605. The number of rotatable bonds is 4. The molecule has 1 unspecified atom stereocenters. The van der Waals surface area contributed by atoms with Crippen molar-refractivity contribution in [1.82, 2.24) is 0 Å². The van der Waals surface area contributed by atoms with E-state index < -0.39 is 5.97 Å². The highest BCUT2D eigenvalue weighted by atomic mass is 16.4. The van der Waals surface area contributed by atoms with Gasteiger partial charge in [0.25, 0.3) is 0 Å². The van der Waals surface area contributed by atoms with E-state index in [1.165, 1.54) is 25.7 Å². The van der Waals surface area contributed by atoms with Crippen LogP contribution in [0.4, 0.5) is 0 Å². The Morgan fingerprint density at radius 1 is 1.00 bits per heavy atom. The number of hydrogen-bond acceptors (Lipinski definition) is 3. The zero-order valence-electron chi connectivity index (χ0n) is 17.9. The van der Waals surface area contributed by atoms with E-state index >= 15 is 0 Å². The largest absolute Gasteiger partial charge is 0.481 e. The van der Waals surface area contributed by atoms with Crippen LogP contribution in [0.5, 0.6) is 0 Å². The fraction of sp³-hybridized carbons (Fsp3) is 0.958. The lowest BCUT2D eigenvalue weighted by atomic mass is 9.43. The van der Waals surface area contributed by atoms with Crippen LogP contribution in [0.2, 0.25) is 0 Å². The number of aliphatic hydroxyl groups is 2. The van der Waals surface area contributed by atoms with E-state index in [2.05, 4.69) is 20.8 Å². The summed E-state index contributed by atoms with van der Waals surface area (Å²) < 4.78 is 0. The second kappa shape index (κ2) is 7.27. The molecule has 0 aliphatic heterocycles. The predicted molar refractivity (Wildman–Crippen MR) is 109 cm³/mol. The van der Waals surface area contributed by atoms with Crippen molar-refractivity contribution in [3.63, 3.8) is 0 Å². The van der Waals surface area contributed by atoms with Crippen molar-refractivity contribution in [3.05, 3.63) is 0 Å². The molecule has 0 heterocycles. The van der Waals surface area contributed by atoms with Crippen LogP contribution in [-0.4, -0.2) is 33.5 Å². The van der Waals surface area contributed by atoms with E-state index in [-0.39, 0.29) is 29.5 Å². The highest BCUT2D eigenvalue weighted by Gasteiger charge is 2.62. The molecule has 0 aromatic carbocycles. The van der Waals surface area contributed by atoms with E-state index in [1.807, 2.05) is 0 Å². The molecule has 4 heteroatoms. The summed E-state index contributed by atoms with van der Waals surface area (Å²) in [4.78, 5) is 11.1. The van der Waals surface area contributed by atoms with Gasteiger partial charge in [-0.05, 0) is 104 Å². The van der Waals surface area contributed by atoms with Gasteiger partial charge in [0.2, 0.25) is 0 Å². The third-order valence-corrected chi connectivity index (χ3v) is 10.2. The molecule has 0 radical (unpaired) electrons. The molecule has 28 heavy (non-hydrogen) atoms. The maximum absolute atomic E-state index is 11.2. The Morgan fingerprint density at radius 3 is 2.39 bits per heavy atom. The SMILES string of the molecule is C[C@H](CCC(=O)O)[C@H]1CC[C@H]2[C@@H]3[C@H](O)C[C@@H]4CC(O)CC[C@]4(C)[C@H]3CC[C@]12C. The third kappa shape index (κ3) is 3.14. The molecule has 4 nitrogen and oxygen atoms in total. The van der Waals surface area contributed by atoms with Crippen molar-refractivity contribution >= 4 is 5.97 Å². The Hall–Kier alpha value is -0.610. The summed E-state index contributed by atoms with van der Waals surface area (Å²) in [5.41, 5.74) is 0.523. The summed E-state index contributed by atoms with van der Waals surface area (Å²) >= 11 is 0. The molecule has 3 N–H and O–H groups in total. The molecule has 0 spiro atoms. The van der Waals surface area contributed by atoms with Crippen molar-refractivity contribution < 1.29 is 20.1 Å². The Labute approximate surface area is 170 Å². The van der Waals surface area contributed by atoms with Gasteiger partial charge in [-0.25, -0.2) is 0 Å². The molecule has 0 amide bonds. The maximum Gasteiger partial charge on any atom is 0.303 e. The number of fused-ring (bicyclic) bond motifs is 5. The van der Waals surface area contributed by atoms with Crippen LogP contribution in [0.25, 0.3) is 0 Å². The van der Waals surface area contributed by atoms with Gasteiger partial charge in [-0.2, -0.15) is 0 Å². The van der Waals surface area contributed by atoms with E-state index in [1.54, 1.807) is 0 Å². The molecule has 0 bridgehead atoms. The van der Waals surface area contributed by atoms with E-state index in [0.717, 1.165) is 32.1 Å². The van der Waals surface area contributed by atoms with Crippen molar-refractivity contribution in [1.29, 1.82) is 0 Å². The van der Waals surface area contributed by atoms with Crippen molar-refractivity contribution in [3.8, 4) is 0 Å². The van der Waals surface area contributed by atoms with Crippen LogP contribution in [0, 0.1) is 46.3 Å². The van der Waals surface area contributed by atoms with Crippen LogP contribution in [0.3, 0.4) is 0 Å². The lowest BCUT2D eigenvalue weighted by Gasteiger charge is -2.62. The van der Waals surface area contributed by atoms with Crippen LogP contribution >= 0.6 is 0 Å². The van der Waals surface area contributed by atoms with Gasteiger partial charge in [0.1, 0.15) is 0 Å². The first-order valence-corrected chi connectivity index (χ1v) is 11.7. The third-order valence-electron chi connectivity index (χ3n) is 10.2. The monoisotopic (exact) mass is 392 g/mol. The zero-order valence-corrected chi connectivity index (χ0v) is 17.9. The molecule has 10 atom stereocenters. The van der Waals surface area contributed by atoms with Crippen molar-refractivity contribution in [2.45, 2.75) is 97.2 Å². The highest BCUT2D eigenvalue weighted by molar-refractivity contribution is 5.66. The Morgan fingerprint density at radius 2 is 1.68 bits per heavy atom. The lowest BCUT2D eigenvalue weighted by Crippen LogP contribution is -2.58. The van der Waals surface area contributed by atoms with E-state index in [4.69, 9.17) is 5.11 Å². The number of carbonyl (C=O) groups is 1. The van der Waals surface area contributed by atoms with Gasteiger partial charge in [0.05, 0.1) is 12.2 Å². The topological polar surface area (TPSA) is 77.8 Å². The molecule has 160 valence electrons. The molecule has 4 aliphatic carbocycles. The second-order valence-electron chi connectivity index (χ2n) is 11.4. The van der Waals surface area contributed by atoms with Gasteiger partial charge >= 0.3 is 5.97 Å². The molecule has 4 saturated carbocycles. The van der Waals surface area contributed by atoms with Gasteiger partial charge in [-0.15, -0.1) is 0 Å². The number of carboxylic acids is 1. The molecule has 0 aromatic heterocycles. The average Bonchev–Trinajstić information content (AvgIpc) is 2.98. The van der Waals surface area contributed by atoms with Crippen molar-refractivity contribution in [2.24, 2.45) is 46.3 Å². The quantitative estimate of drug-likeness (QED) is 0.659. The standard InChI is InChI=1S/C24H40O4/c1-14(4-7-21(27)28)17-5-6-18-22-19(9-11-24(17,18)3)23(2)10-8-16(25)12-15(23)13-20(22)26/h14-20,22,25-26H,4-13H2,1-3H3,(H,27,28)/t14-,15+,16?,17-,18+,19+,20-,22+,23+,24-/m1/s1. The van der Waals surface area contributed by atoms with Gasteiger partial charge in [0.15, 0.2) is 0 Å². The summed E-state index contributed by atoms with van der Waals surface area (Å²) in [6.45, 7) is 7.16. The summed E-state index contributed by atoms with van der Waals surface area (Å²) in [7, 11) is 0. The van der Waals surface area contributed by atoms with Gasteiger partial charge in [-0.1, -0.05) is 20.8 Å². The zero-order chi connectivity index (χ0) is 20.3. The first-order valence-electron chi connectivity index (χ1n) is 11.7. The van der Waals surface area contributed by atoms with E-state index in [9.17, 15) is 15.0 Å². The minimum absolute atomic E-state index is 0.179. The van der Waals surface area contributed by atoms with Crippen LogP contribution in [0.15, 0.2) is 0 Å². The summed E-state index contributed by atoms with van der Waals surface area (Å²) in [6.07, 6.45) is 9.19. The van der Waals surface area contributed by atoms with Gasteiger partial charge in [0, 0.05) is 6.42 Å².